The molecule has 5 rings (SSSR count). The SMILES string of the molecule is CCc1ccc(N2C(=S)N[C@H](c3ccccn3)[C@@H]2c2ccc(-c3ccc(Cl)cc3Cl)o2)cc1. The molecule has 3 heterocycles. The molecule has 2 atom stereocenters. The van der Waals surface area contributed by atoms with Gasteiger partial charge in [0.1, 0.15) is 17.6 Å². The minimum absolute atomic E-state index is 0.177. The Kier molecular flexibility index (Phi) is 6.11. The van der Waals surface area contributed by atoms with Gasteiger partial charge in [-0.05, 0) is 78.8 Å². The summed E-state index contributed by atoms with van der Waals surface area (Å²) >= 11 is 18.3. The van der Waals surface area contributed by atoms with Crippen LogP contribution in [0.2, 0.25) is 10.0 Å². The van der Waals surface area contributed by atoms with Crippen molar-refractivity contribution in [1.82, 2.24) is 10.3 Å². The standard InChI is InChI=1S/C26H21Cl2N3OS/c1-2-16-6-9-18(10-7-16)31-25(24(30-26(31)33)21-5-3-4-14-29-21)23-13-12-22(32-23)19-11-8-17(27)15-20(19)28/h3-15,24-25H,2H2,1H3,(H,30,33)/t24-,25+/m1/s1. The lowest BCUT2D eigenvalue weighted by Gasteiger charge is -2.26. The van der Waals surface area contributed by atoms with E-state index in [1.165, 1.54) is 5.56 Å². The minimum Gasteiger partial charge on any atom is -0.459 e. The van der Waals surface area contributed by atoms with Crippen molar-refractivity contribution >= 4 is 46.2 Å². The third-order valence-corrected chi connectivity index (χ3v) is 6.70. The van der Waals surface area contributed by atoms with Crippen LogP contribution in [0.5, 0.6) is 0 Å². The molecule has 4 aromatic rings. The van der Waals surface area contributed by atoms with E-state index in [1.807, 2.05) is 36.4 Å². The second-order valence-corrected chi connectivity index (χ2v) is 9.07. The molecule has 1 aliphatic rings. The maximum atomic E-state index is 6.44. The summed E-state index contributed by atoms with van der Waals surface area (Å²) in [5.41, 5.74) is 3.94. The van der Waals surface area contributed by atoms with Gasteiger partial charge in [0.15, 0.2) is 5.11 Å². The highest BCUT2D eigenvalue weighted by Gasteiger charge is 2.42. The summed E-state index contributed by atoms with van der Waals surface area (Å²) in [6, 6.07) is 23.2. The van der Waals surface area contributed by atoms with Crippen molar-refractivity contribution in [2.75, 3.05) is 4.90 Å². The molecule has 1 fully saturated rings. The lowest BCUT2D eigenvalue weighted by atomic mass is 10.0. The first kappa shape index (κ1) is 22.0. The van der Waals surface area contributed by atoms with Gasteiger partial charge in [0.25, 0.3) is 0 Å². The largest absolute Gasteiger partial charge is 0.459 e. The van der Waals surface area contributed by atoms with Crippen LogP contribution in [0.4, 0.5) is 5.69 Å². The molecule has 0 amide bonds. The Morgan fingerprint density at radius 1 is 1.03 bits per heavy atom. The molecule has 4 nitrogen and oxygen atoms in total. The summed E-state index contributed by atoms with van der Waals surface area (Å²) in [5.74, 6) is 1.43. The zero-order chi connectivity index (χ0) is 22.9. The number of pyridine rings is 1. The Morgan fingerprint density at radius 2 is 1.85 bits per heavy atom. The van der Waals surface area contributed by atoms with Gasteiger partial charge in [-0.15, -0.1) is 0 Å². The number of hydrogen-bond acceptors (Lipinski definition) is 3. The molecule has 0 saturated carbocycles. The van der Waals surface area contributed by atoms with Gasteiger partial charge in [-0.25, -0.2) is 0 Å². The maximum Gasteiger partial charge on any atom is 0.174 e. The summed E-state index contributed by atoms with van der Waals surface area (Å²) in [6.45, 7) is 2.14. The van der Waals surface area contributed by atoms with Crippen molar-refractivity contribution in [2.45, 2.75) is 25.4 Å². The fraction of sp³-hybridized carbons (Fsp3) is 0.154. The highest BCUT2D eigenvalue weighted by molar-refractivity contribution is 7.80. The molecule has 0 aliphatic carbocycles. The fourth-order valence-corrected chi connectivity index (χ4v) is 5.01. The number of anilines is 1. The Morgan fingerprint density at radius 3 is 2.55 bits per heavy atom. The number of thiocarbonyl (C=S) groups is 1. The first-order valence-electron chi connectivity index (χ1n) is 10.7. The van der Waals surface area contributed by atoms with E-state index < -0.39 is 0 Å². The molecule has 1 aliphatic heterocycles. The number of nitrogens with one attached hydrogen (secondary N) is 1. The van der Waals surface area contributed by atoms with Crippen LogP contribution in [0, 0.1) is 0 Å². The molecule has 2 aromatic heterocycles. The van der Waals surface area contributed by atoms with E-state index in [9.17, 15) is 0 Å². The molecule has 0 spiro atoms. The van der Waals surface area contributed by atoms with Crippen LogP contribution in [0.25, 0.3) is 11.3 Å². The van der Waals surface area contributed by atoms with E-state index in [4.69, 9.17) is 39.8 Å². The summed E-state index contributed by atoms with van der Waals surface area (Å²) in [6.07, 6.45) is 2.77. The van der Waals surface area contributed by atoms with E-state index in [0.29, 0.717) is 20.9 Å². The van der Waals surface area contributed by atoms with Crippen molar-refractivity contribution in [1.29, 1.82) is 0 Å². The monoisotopic (exact) mass is 493 g/mol. The molecular weight excluding hydrogens is 473 g/mol. The van der Waals surface area contributed by atoms with Crippen molar-refractivity contribution in [2.24, 2.45) is 0 Å². The van der Waals surface area contributed by atoms with E-state index in [2.05, 4.69) is 46.4 Å². The van der Waals surface area contributed by atoms with Crippen LogP contribution in [0.15, 0.2) is 83.4 Å². The highest BCUT2D eigenvalue weighted by Crippen LogP contribution is 2.43. The number of hydrogen-bond donors (Lipinski definition) is 1. The van der Waals surface area contributed by atoms with Crippen LogP contribution in [0.1, 0.15) is 36.0 Å². The van der Waals surface area contributed by atoms with Gasteiger partial charge in [0.2, 0.25) is 0 Å². The summed E-state index contributed by atoms with van der Waals surface area (Å²) in [4.78, 5) is 6.69. The topological polar surface area (TPSA) is 41.3 Å². The number of rotatable bonds is 5. The Hall–Kier alpha value is -2.86. The average molecular weight is 494 g/mol. The molecule has 0 unspecified atom stereocenters. The zero-order valence-electron chi connectivity index (χ0n) is 17.8. The number of benzene rings is 2. The van der Waals surface area contributed by atoms with E-state index in [-0.39, 0.29) is 12.1 Å². The molecule has 166 valence electrons. The van der Waals surface area contributed by atoms with Gasteiger partial charge in [0, 0.05) is 22.5 Å². The van der Waals surface area contributed by atoms with Crippen molar-refractivity contribution in [3.05, 3.63) is 106 Å². The van der Waals surface area contributed by atoms with Gasteiger partial charge in [-0.2, -0.15) is 0 Å². The Bertz CT molecular complexity index is 1290. The normalized spacial score (nSPS) is 17.9. The summed E-state index contributed by atoms with van der Waals surface area (Å²) in [7, 11) is 0. The summed E-state index contributed by atoms with van der Waals surface area (Å²) < 4.78 is 6.37. The molecule has 7 heteroatoms. The third kappa shape index (κ3) is 4.24. The second kappa shape index (κ2) is 9.18. The molecule has 0 bridgehead atoms. The number of aromatic nitrogens is 1. The minimum atomic E-state index is -0.222. The predicted octanol–water partition coefficient (Wildman–Crippen LogP) is 7.39. The molecule has 2 aromatic carbocycles. The number of aryl methyl sites for hydroxylation is 1. The van der Waals surface area contributed by atoms with Gasteiger partial charge in [-0.3, -0.25) is 4.98 Å². The van der Waals surface area contributed by atoms with Crippen LogP contribution in [-0.2, 0) is 6.42 Å². The van der Waals surface area contributed by atoms with Crippen molar-refractivity contribution in [3.8, 4) is 11.3 Å². The lowest BCUT2D eigenvalue weighted by Crippen LogP contribution is -2.29. The molecular formula is C26H21Cl2N3OS. The third-order valence-electron chi connectivity index (χ3n) is 5.84. The van der Waals surface area contributed by atoms with Gasteiger partial charge >= 0.3 is 0 Å². The van der Waals surface area contributed by atoms with Crippen molar-refractivity contribution in [3.63, 3.8) is 0 Å². The van der Waals surface area contributed by atoms with Gasteiger partial charge in [-0.1, -0.05) is 48.3 Å². The smallest absolute Gasteiger partial charge is 0.174 e. The average Bonchev–Trinajstić information content (AvgIpc) is 3.44. The first-order chi connectivity index (χ1) is 16.0. The van der Waals surface area contributed by atoms with Crippen LogP contribution >= 0.6 is 35.4 Å². The zero-order valence-corrected chi connectivity index (χ0v) is 20.2. The fourth-order valence-electron chi connectivity index (χ4n) is 4.16. The lowest BCUT2D eigenvalue weighted by molar-refractivity contribution is 0.439. The summed E-state index contributed by atoms with van der Waals surface area (Å²) in [5, 5.41) is 5.20. The number of furan rings is 1. The number of halogens is 2. The molecule has 33 heavy (non-hydrogen) atoms. The first-order valence-corrected chi connectivity index (χ1v) is 11.9. The molecule has 1 saturated heterocycles. The van der Waals surface area contributed by atoms with Crippen molar-refractivity contribution < 1.29 is 4.42 Å². The molecule has 0 radical (unpaired) electrons. The quantitative estimate of drug-likeness (QED) is 0.293. The van der Waals surface area contributed by atoms with E-state index >= 15 is 0 Å². The predicted molar refractivity (Wildman–Crippen MR) is 138 cm³/mol. The van der Waals surface area contributed by atoms with Crippen LogP contribution < -0.4 is 10.2 Å². The van der Waals surface area contributed by atoms with Gasteiger partial charge < -0.3 is 14.6 Å². The molecule has 1 N–H and O–H groups in total. The second-order valence-electron chi connectivity index (χ2n) is 7.84. The Balaban J connectivity index is 1.59. The van der Waals surface area contributed by atoms with Gasteiger partial charge in [0.05, 0.1) is 16.8 Å². The maximum absolute atomic E-state index is 6.44. The van der Waals surface area contributed by atoms with Crippen LogP contribution in [-0.4, -0.2) is 10.1 Å². The van der Waals surface area contributed by atoms with Crippen LogP contribution in [0.3, 0.4) is 0 Å². The Labute approximate surface area is 208 Å². The van der Waals surface area contributed by atoms with E-state index in [1.54, 1.807) is 18.3 Å². The number of nitrogens with zero attached hydrogens (tertiary/aromatic N) is 2. The van der Waals surface area contributed by atoms with E-state index in [0.717, 1.165) is 29.1 Å². The highest BCUT2D eigenvalue weighted by atomic mass is 35.5.